The van der Waals surface area contributed by atoms with E-state index in [-0.39, 0.29) is 6.54 Å². The van der Waals surface area contributed by atoms with Crippen molar-refractivity contribution in [1.82, 2.24) is 14.9 Å². The van der Waals surface area contributed by atoms with Gasteiger partial charge >= 0.3 is 16.9 Å². The van der Waals surface area contributed by atoms with Crippen LogP contribution in [0.5, 0.6) is 0 Å². The maximum absolute atomic E-state index is 11.6. The zero-order chi connectivity index (χ0) is 15.3. The van der Waals surface area contributed by atoms with Gasteiger partial charge in [-0.25, -0.2) is 4.79 Å². The number of carbonyl (C=O) groups is 1. The van der Waals surface area contributed by atoms with Crippen molar-refractivity contribution in [3.63, 3.8) is 0 Å². The van der Waals surface area contributed by atoms with Crippen LogP contribution in [0.3, 0.4) is 0 Å². The van der Waals surface area contributed by atoms with E-state index in [0.29, 0.717) is 12.5 Å². The fourth-order valence-electron chi connectivity index (χ4n) is 1.46. The molecule has 110 valence electrons. The molecule has 9 heteroatoms. The highest BCUT2D eigenvalue weighted by Crippen LogP contribution is 1.99. The Bertz CT molecular complexity index is 616. The first-order valence-corrected chi connectivity index (χ1v) is 6.06. The Morgan fingerprint density at radius 3 is 2.70 bits per heavy atom. The Labute approximate surface area is 113 Å². The van der Waals surface area contributed by atoms with E-state index in [1.54, 1.807) is 4.98 Å². The average Bonchev–Trinajstić information content (AvgIpc) is 2.31. The van der Waals surface area contributed by atoms with Crippen molar-refractivity contribution < 1.29 is 9.72 Å². The number of amides is 1. The van der Waals surface area contributed by atoms with E-state index in [2.05, 4.69) is 5.32 Å². The fourth-order valence-corrected chi connectivity index (χ4v) is 1.46. The maximum Gasteiger partial charge on any atom is 0.350 e. The lowest BCUT2D eigenvalue weighted by Crippen LogP contribution is -2.36. The molecule has 0 fully saturated rings. The second-order valence-corrected chi connectivity index (χ2v) is 4.69. The van der Waals surface area contributed by atoms with Crippen LogP contribution in [-0.2, 0) is 11.3 Å². The molecule has 0 aliphatic carbocycles. The Balaban J connectivity index is 2.80. The molecule has 0 unspecified atom stereocenters. The van der Waals surface area contributed by atoms with Gasteiger partial charge in [0.2, 0.25) is 5.91 Å². The van der Waals surface area contributed by atoms with Gasteiger partial charge < -0.3 is 5.32 Å². The Kier molecular flexibility index (Phi) is 5.18. The topological polar surface area (TPSA) is 127 Å². The first-order valence-electron chi connectivity index (χ1n) is 6.06. The van der Waals surface area contributed by atoms with Crippen LogP contribution in [0.1, 0.15) is 20.3 Å². The van der Waals surface area contributed by atoms with E-state index in [0.717, 1.165) is 17.2 Å². The molecule has 1 aromatic rings. The molecule has 0 saturated heterocycles. The van der Waals surface area contributed by atoms with Crippen molar-refractivity contribution in [3.05, 3.63) is 37.1 Å². The summed E-state index contributed by atoms with van der Waals surface area (Å²) < 4.78 is 0.796. The van der Waals surface area contributed by atoms with Crippen LogP contribution in [0.25, 0.3) is 0 Å². The highest BCUT2D eigenvalue weighted by Gasteiger charge is 2.16. The first kappa shape index (κ1) is 15.6. The predicted octanol–water partition coefficient (Wildman–Crippen LogP) is -0.393. The Hall–Kier alpha value is -2.45. The van der Waals surface area contributed by atoms with E-state index in [1.807, 2.05) is 13.8 Å². The normalized spacial score (nSPS) is 10.6. The molecule has 0 aliphatic rings. The van der Waals surface area contributed by atoms with Crippen molar-refractivity contribution >= 4 is 11.6 Å². The third-order valence-electron chi connectivity index (χ3n) is 2.55. The number of H-pyrrole nitrogens is 1. The molecule has 0 spiro atoms. The minimum atomic E-state index is -1.09. The zero-order valence-electron chi connectivity index (χ0n) is 11.2. The summed E-state index contributed by atoms with van der Waals surface area (Å²) in [5, 5.41) is 13.2. The number of aromatic nitrogens is 2. The van der Waals surface area contributed by atoms with Gasteiger partial charge in [-0.3, -0.25) is 29.3 Å². The third kappa shape index (κ3) is 4.34. The van der Waals surface area contributed by atoms with Gasteiger partial charge in [-0.1, -0.05) is 13.8 Å². The zero-order valence-corrected chi connectivity index (χ0v) is 11.2. The Morgan fingerprint density at radius 1 is 1.50 bits per heavy atom. The van der Waals surface area contributed by atoms with Gasteiger partial charge in [0.25, 0.3) is 0 Å². The smallest absolute Gasteiger partial charge is 0.350 e. The summed E-state index contributed by atoms with van der Waals surface area (Å²) in [6, 6.07) is 0. The van der Waals surface area contributed by atoms with Crippen molar-refractivity contribution in [1.29, 1.82) is 0 Å². The van der Waals surface area contributed by atoms with Gasteiger partial charge in [-0.15, -0.1) is 0 Å². The van der Waals surface area contributed by atoms with E-state index in [9.17, 15) is 24.5 Å². The monoisotopic (exact) mass is 284 g/mol. The van der Waals surface area contributed by atoms with Crippen molar-refractivity contribution in [2.24, 2.45) is 5.92 Å². The molecule has 1 rings (SSSR count). The SMILES string of the molecule is CC(C)CCNC(=O)Cn1cc([N+](=O)[O-])c(=O)[nH]c1=O. The van der Waals surface area contributed by atoms with Crippen LogP contribution in [-0.4, -0.2) is 26.9 Å². The molecule has 2 N–H and O–H groups in total. The number of rotatable bonds is 6. The van der Waals surface area contributed by atoms with Crippen molar-refractivity contribution in [2.75, 3.05) is 6.54 Å². The number of aromatic amines is 1. The highest BCUT2D eigenvalue weighted by molar-refractivity contribution is 5.75. The summed E-state index contributed by atoms with van der Waals surface area (Å²) in [4.78, 5) is 45.6. The van der Waals surface area contributed by atoms with Gasteiger partial charge in [-0.05, 0) is 12.3 Å². The summed E-state index contributed by atoms with van der Waals surface area (Å²) in [5.41, 5.74) is -2.73. The van der Waals surface area contributed by atoms with Crippen LogP contribution in [0.4, 0.5) is 5.69 Å². The van der Waals surface area contributed by atoms with Gasteiger partial charge in [0.1, 0.15) is 6.54 Å². The van der Waals surface area contributed by atoms with Crippen LogP contribution >= 0.6 is 0 Å². The summed E-state index contributed by atoms with van der Waals surface area (Å²) in [6.07, 6.45) is 1.55. The van der Waals surface area contributed by atoms with E-state index in [1.165, 1.54) is 0 Å². The number of nitrogens with one attached hydrogen (secondary N) is 2. The molecule has 1 aromatic heterocycles. The lowest BCUT2D eigenvalue weighted by molar-refractivity contribution is -0.386. The molecule has 0 saturated carbocycles. The largest absolute Gasteiger partial charge is 0.355 e. The molecule has 0 atom stereocenters. The standard InChI is InChI=1S/C11H16N4O5/c1-7(2)3-4-12-9(16)6-14-5-8(15(19)20)10(17)13-11(14)18/h5,7H,3-4,6H2,1-2H3,(H,12,16)(H,13,17,18). The quantitative estimate of drug-likeness (QED) is 0.543. The number of nitrogens with zero attached hydrogens (tertiary/aromatic N) is 2. The van der Waals surface area contributed by atoms with Crippen LogP contribution in [0.2, 0.25) is 0 Å². The van der Waals surface area contributed by atoms with Gasteiger partial charge in [0.15, 0.2) is 0 Å². The lowest BCUT2D eigenvalue weighted by Gasteiger charge is -2.08. The van der Waals surface area contributed by atoms with E-state index < -0.39 is 27.8 Å². The third-order valence-corrected chi connectivity index (χ3v) is 2.55. The predicted molar refractivity (Wildman–Crippen MR) is 70.4 cm³/mol. The lowest BCUT2D eigenvalue weighted by atomic mass is 10.1. The molecule has 1 heterocycles. The second kappa shape index (κ2) is 6.64. The molecule has 0 aliphatic heterocycles. The maximum atomic E-state index is 11.6. The summed E-state index contributed by atoms with van der Waals surface area (Å²) in [6.45, 7) is 4.08. The molecule has 0 bridgehead atoms. The minimum Gasteiger partial charge on any atom is -0.355 e. The number of hydrogen-bond donors (Lipinski definition) is 2. The number of carbonyl (C=O) groups excluding carboxylic acids is 1. The minimum absolute atomic E-state index is 0.380. The molecule has 0 radical (unpaired) electrons. The molecular formula is C11H16N4O5. The molecular weight excluding hydrogens is 268 g/mol. The van der Waals surface area contributed by atoms with Gasteiger partial charge in [-0.2, -0.15) is 0 Å². The molecule has 1 amide bonds. The fraction of sp³-hybridized carbons (Fsp3) is 0.545. The van der Waals surface area contributed by atoms with E-state index >= 15 is 0 Å². The van der Waals surface area contributed by atoms with E-state index in [4.69, 9.17) is 0 Å². The van der Waals surface area contributed by atoms with Crippen LogP contribution in [0, 0.1) is 16.0 Å². The van der Waals surface area contributed by atoms with Crippen LogP contribution < -0.4 is 16.6 Å². The summed E-state index contributed by atoms with van der Waals surface area (Å²) >= 11 is 0. The van der Waals surface area contributed by atoms with Gasteiger partial charge in [0, 0.05) is 6.54 Å². The second-order valence-electron chi connectivity index (χ2n) is 4.69. The first-order chi connectivity index (χ1) is 9.31. The van der Waals surface area contributed by atoms with Crippen molar-refractivity contribution in [2.45, 2.75) is 26.8 Å². The number of hydrogen-bond acceptors (Lipinski definition) is 5. The Morgan fingerprint density at radius 2 is 2.15 bits per heavy atom. The molecule has 20 heavy (non-hydrogen) atoms. The summed E-state index contributed by atoms with van der Waals surface area (Å²) in [7, 11) is 0. The molecule has 0 aromatic carbocycles. The summed E-state index contributed by atoms with van der Waals surface area (Å²) in [5.74, 6) is -0.0266. The molecule has 9 nitrogen and oxygen atoms in total. The van der Waals surface area contributed by atoms with Crippen LogP contribution in [0.15, 0.2) is 15.8 Å². The van der Waals surface area contributed by atoms with Gasteiger partial charge in [0.05, 0.1) is 11.1 Å². The average molecular weight is 284 g/mol. The van der Waals surface area contributed by atoms with Crippen molar-refractivity contribution in [3.8, 4) is 0 Å². The highest BCUT2D eigenvalue weighted by atomic mass is 16.6. The number of nitro groups is 1.